The van der Waals surface area contributed by atoms with Crippen LogP contribution in [0.3, 0.4) is 0 Å². The molecule has 3 aromatic carbocycles. The molecule has 206 valence electrons. The van der Waals surface area contributed by atoms with Crippen LogP contribution in [0, 0.1) is 28.4 Å². The minimum Gasteiger partial charge on any atom is -0.325 e. The monoisotopic (exact) mass is 582 g/mol. The number of nitriles is 1. The number of amides is 2. The standard InChI is InChI=1S/C30H26Cl2F2N4O2/c1-29(2,3)13-21-30(18-11-12-20(32)24(34)25(18)38-28(30)40)22(17-5-4-6-19(31)23(17)33)26(37-21)27(39)36-16-9-7-15(14-35)8-10-16/h4-12,21-22,26,37H,13H2,1-3H3,(H,36,39)(H,38,40)/t21-,22+,26+,30?/m0/s1. The van der Waals surface area contributed by atoms with Gasteiger partial charge >= 0.3 is 0 Å². The summed E-state index contributed by atoms with van der Waals surface area (Å²) in [6.07, 6.45) is 0.392. The van der Waals surface area contributed by atoms with Crippen molar-refractivity contribution in [3.63, 3.8) is 0 Å². The van der Waals surface area contributed by atoms with Crippen molar-refractivity contribution in [3.05, 3.63) is 93.0 Å². The normalized spacial score (nSPS) is 23.6. The summed E-state index contributed by atoms with van der Waals surface area (Å²) in [5.74, 6) is -3.77. The highest BCUT2D eigenvalue weighted by Gasteiger charge is 2.66. The zero-order chi connectivity index (χ0) is 29.0. The SMILES string of the molecule is CC(C)(C)C[C@@H]1N[C@@H](C(=O)Nc2ccc(C#N)cc2)[C@@H](c2cccc(Cl)c2F)C12C(=O)Nc1c2ccc(Cl)c1F. The second-order valence-corrected chi connectivity index (χ2v) is 12.2. The molecule has 2 amide bonds. The van der Waals surface area contributed by atoms with Gasteiger partial charge in [0.2, 0.25) is 11.8 Å². The quantitative estimate of drug-likeness (QED) is 0.326. The van der Waals surface area contributed by atoms with Crippen molar-refractivity contribution in [1.29, 1.82) is 5.26 Å². The molecule has 10 heteroatoms. The lowest BCUT2D eigenvalue weighted by molar-refractivity contribution is -0.122. The van der Waals surface area contributed by atoms with Crippen molar-refractivity contribution in [2.24, 2.45) is 5.41 Å². The number of nitrogens with one attached hydrogen (secondary N) is 3. The first kappa shape index (κ1) is 28.0. The molecule has 3 aromatic rings. The van der Waals surface area contributed by atoms with Crippen LogP contribution in [0.25, 0.3) is 0 Å². The Kier molecular flexibility index (Phi) is 7.11. The Hall–Kier alpha value is -3.51. The number of halogens is 4. The molecule has 0 aliphatic carbocycles. The number of rotatable bonds is 4. The average Bonchev–Trinajstić information content (AvgIpc) is 3.38. The predicted octanol–water partition coefficient (Wildman–Crippen LogP) is 6.53. The Balaban J connectivity index is 1.73. The summed E-state index contributed by atoms with van der Waals surface area (Å²) >= 11 is 12.3. The van der Waals surface area contributed by atoms with Gasteiger partial charge < -0.3 is 16.0 Å². The molecule has 2 heterocycles. The van der Waals surface area contributed by atoms with E-state index in [2.05, 4.69) is 16.0 Å². The van der Waals surface area contributed by atoms with Crippen LogP contribution in [0.1, 0.15) is 49.8 Å². The minimum atomic E-state index is -1.58. The Morgan fingerprint density at radius 2 is 1.73 bits per heavy atom. The largest absolute Gasteiger partial charge is 0.325 e. The molecule has 1 saturated heterocycles. The summed E-state index contributed by atoms with van der Waals surface area (Å²) in [6.45, 7) is 5.95. The molecule has 3 N–H and O–H groups in total. The first-order chi connectivity index (χ1) is 18.9. The van der Waals surface area contributed by atoms with Gasteiger partial charge in [0.25, 0.3) is 0 Å². The molecule has 0 bridgehead atoms. The average molecular weight is 583 g/mol. The number of hydrogen-bond acceptors (Lipinski definition) is 4. The molecule has 4 atom stereocenters. The molecule has 2 aliphatic heterocycles. The van der Waals surface area contributed by atoms with Crippen LogP contribution in [0.5, 0.6) is 0 Å². The maximum absolute atomic E-state index is 15.8. The number of hydrogen-bond donors (Lipinski definition) is 3. The molecule has 5 rings (SSSR count). The van der Waals surface area contributed by atoms with Crippen LogP contribution in [0.15, 0.2) is 54.6 Å². The van der Waals surface area contributed by atoms with E-state index in [1.54, 1.807) is 36.4 Å². The van der Waals surface area contributed by atoms with Gasteiger partial charge in [-0.05, 0) is 59.4 Å². The highest BCUT2D eigenvalue weighted by Crippen LogP contribution is 2.57. The number of benzene rings is 3. The fraction of sp³-hybridized carbons (Fsp3) is 0.300. The molecule has 0 aromatic heterocycles. The van der Waals surface area contributed by atoms with Gasteiger partial charge in [-0.15, -0.1) is 0 Å². The summed E-state index contributed by atoms with van der Waals surface area (Å²) in [7, 11) is 0. The fourth-order valence-corrected chi connectivity index (χ4v) is 6.37. The topological polar surface area (TPSA) is 94.0 Å². The van der Waals surface area contributed by atoms with Crippen LogP contribution in [0.2, 0.25) is 10.0 Å². The van der Waals surface area contributed by atoms with Crippen LogP contribution < -0.4 is 16.0 Å². The third-order valence-electron chi connectivity index (χ3n) is 7.61. The van der Waals surface area contributed by atoms with Crippen LogP contribution in [-0.4, -0.2) is 23.9 Å². The van der Waals surface area contributed by atoms with Crippen molar-refractivity contribution < 1.29 is 18.4 Å². The summed E-state index contributed by atoms with van der Waals surface area (Å²) < 4.78 is 31.1. The fourth-order valence-electron chi connectivity index (χ4n) is 6.03. The molecular weight excluding hydrogens is 557 g/mol. The Labute approximate surface area is 240 Å². The van der Waals surface area contributed by atoms with Gasteiger partial charge in [-0.1, -0.05) is 62.2 Å². The highest BCUT2D eigenvalue weighted by molar-refractivity contribution is 6.31. The van der Waals surface area contributed by atoms with E-state index in [1.807, 2.05) is 26.8 Å². The van der Waals surface area contributed by atoms with E-state index in [0.717, 1.165) is 0 Å². The van der Waals surface area contributed by atoms with Gasteiger partial charge in [0.15, 0.2) is 5.82 Å². The first-order valence-corrected chi connectivity index (χ1v) is 13.4. The second kappa shape index (κ2) is 10.2. The Bertz CT molecular complexity index is 1570. The molecule has 1 spiro atoms. The summed E-state index contributed by atoms with van der Waals surface area (Å²) in [4.78, 5) is 28.0. The van der Waals surface area contributed by atoms with Crippen molar-refractivity contribution in [3.8, 4) is 6.07 Å². The van der Waals surface area contributed by atoms with Crippen LogP contribution >= 0.6 is 23.2 Å². The molecule has 0 radical (unpaired) electrons. The molecule has 40 heavy (non-hydrogen) atoms. The van der Waals surface area contributed by atoms with Gasteiger partial charge in [-0.25, -0.2) is 8.78 Å². The highest BCUT2D eigenvalue weighted by atomic mass is 35.5. The molecular formula is C30H26Cl2F2N4O2. The number of carbonyl (C=O) groups excluding carboxylic acids is 2. The van der Waals surface area contributed by atoms with Crippen LogP contribution in [0.4, 0.5) is 20.2 Å². The number of anilines is 2. The van der Waals surface area contributed by atoms with E-state index in [1.165, 1.54) is 18.2 Å². The molecule has 1 fully saturated rings. The van der Waals surface area contributed by atoms with E-state index in [9.17, 15) is 9.59 Å². The maximum atomic E-state index is 15.8. The van der Waals surface area contributed by atoms with Gasteiger partial charge in [0.1, 0.15) is 11.2 Å². The molecule has 2 aliphatic rings. The number of carbonyl (C=O) groups is 2. The lowest BCUT2D eigenvalue weighted by Crippen LogP contribution is -2.49. The zero-order valence-electron chi connectivity index (χ0n) is 21.9. The predicted molar refractivity (Wildman–Crippen MR) is 150 cm³/mol. The zero-order valence-corrected chi connectivity index (χ0v) is 23.4. The maximum Gasteiger partial charge on any atom is 0.242 e. The minimum absolute atomic E-state index is 0.0507. The summed E-state index contributed by atoms with van der Waals surface area (Å²) in [6, 6.07) is 13.8. The lowest BCUT2D eigenvalue weighted by Gasteiger charge is -2.37. The first-order valence-electron chi connectivity index (χ1n) is 12.7. The Morgan fingerprint density at radius 3 is 2.38 bits per heavy atom. The van der Waals surface area contributed by atoms with Crippen molar-refractivity contribution in [2.75, 3.05) is 10.6 Å². The lowest BCUT2D eigenvalue weighted by atomic mass is 9.62. The van der Waals surface area contributed by atoms with E-state index in [-0.39, 0.29) is 26.7 Å². The smallest absolute Gasteiger partial charge is 0.242 e. The van der Waals surface area contributed by atoms with Crippen molar-refractivity contribution in [2.45, 2.75) is 50.6 Å². The number of nitrogens with zero attached hydrogens (tertiary/aromatic N) is 1. The van der Waals surface area contributed by atoms with Gasteiger partial charge in [0.05, 0.1) is 33.4 Å². The van der Waals surface area contributed by atoms with Crippen LogP contribution in [-0.2, 0) is 15.0 Å². The Morgan fingerprint density at radius 1 is 1.05 bits per heavy atom. The van der Waals surface area contributed by atoms with Crippen molar-refractivity contribution in [1.82, 2.24) is 5.32 Å². The van der Waals surface area contributed by atoms with Crippen molar-refractivity contribution >= 4 is 46.4 Å². The summed E-state index contributed by atoms with van der Waals surface area (Å²) in [5.41, 5.74) is -0.827. The molecule has 1 unspecified atom stereocenters. The van der Waals surface area contributed by atoms with E-state index in [4.69, 9.17) is 28.5 Å². The van der Waals surface area contributed by atoms with E-state index >= 15 is 8.78 Å². The molecule has 6 nitrogen and oxygen atoms in total. The van der Waals surface area contributed by atoms with Gasteiger partial charge in [0, 0.05) is 17.6 Å². The van der Waals surface area contributed by atoms with Gasteiger partial charge in [-0.2, -0.15) is 5.26 Å². The van der Waals surface area contributed by atoms with Gasteiger partial charge in [-0.3, -0.25) is 9.59 Å². The van der Waals surface area contributed by atoms with E-state index < -0.39 is 46.9 Å². The van der Waals surface area contributed by atoms with E-state index in [0.29, 0.717) is 23.2 Å². The second-order valence-electron chi connectivity index (χ2n) is 11.4. The summed E-state index contributed by atoms with van der Waals surface area (Å²) in [5, 5.41) is 17.6. The third-order valence-corrected chi connectivity index (χ3v) is 8.19. The molecule has 0 saturated carbocycles. The number of fused-ring (bicyclic) bond motifs is 2. The third kappa shape index (κ3) is 4.52.